The Morgan fingerprint density at radius 2 is 1.71 bits per heavy atom. The van der Waals surface area contributed by atoms with E-state index in [4.69, 9.17) is 0 Å². The minimum atomic E-state index is 0.276. The third-order valence-corrected chi connectivity index (χ3v) is 4.06. The summed E-state index contributed by atoms with van der Waals surface area (Å²) in [6, 6.07) is 19.8. The lowest BCUT2D eigenvalue weighted by molar-refractivity contribution is 0.468. The molecule has 1 nitrogen and oxygen atoms in total. The van der Waals surface area contributed by atoms with E-state index in [2.05, 4.69) is 62.4 Å². The van der Waals surface area contributed by atoms with Crippen LogP contribution < -0.4 is 0 Å². The van der Waals surface area contributed by atoms with Crippen molar-refractivity contribution in [1.82, 2.24) is 0 Å². The second-order valence-electron chi connectivity index (χ2n) is 5.29. The minimum Gasteiger partial charge on any atom is -0.507 e. The van der Waals surface area contributed by atoms with E-state index in [9.17, 15) is 5.11 Å². The summed E-state index contributed by atoms with van der Waals surface area (Å²) in [6.07, 6.45) is 1.74. The van der Waals surface area contributed by atoms with Gasteiger partial charge in [-0.05, 0) is 52.4 Å². The van der Waals surface area contributed by atoms with E-state index in [0.717, 1.165) is 18.4 Å². The number of hydrogen-bond acceptors (Lipinski definition) is 1. The van der Waals surface area contributed by atoms with Gasteiger partial charge < -0.3 is 5.11 Å². The Morgan fingerprint density at radius 3 is 2.43 bits per heavy atom. The van der Waals surface area contributed by atoms with Gasteiger partial charge in [-0.2, -0.15) is 0 Å². The molecule has 0 aliphatic carbocycles. The molecule has 1 heteroatoms. The highest BCUT2D eigenvalue weighted by atomic mass is 16.3. The summed E-state index contributed by atoms with van der Waals surface area (Å²) >= 11 is 0. The molecule has 3 rings (SSSR count). The van der Waals surface area contributed by atoms with Crippen molar-refractivity contribution >= 4 is 10.8 Å². The average molecular weight is 275 g/mol. The topological polar surface area (TPSA) is 20.2 Å². The monoisotopic (exact) mass is 275 g/mol. The number of aromatic hydroxyl groups is 1. The second-order valence-corrected chi connectivity index (χ2v) is 5.29. The van der Waals surface area contributed by atoms with Crippen LogP contribution in [-0.2, 0) is 12.8 Å². The number of rotatable bonds is 3. The molecule has 0 heterocycles. The third kappa shape index (κ3) is 2.40. The highest BCUT2D eigenvalue weighted by Gasteiger charge is 2.13. The van der Waals surface area contributed by atoms with Crippen molar-refractivity contribution in [3.63, 3.8) is 0 Å². The Hall–Kier alpha value is -2.28. The summed E-state index contributed by atoms with van der Waals surface area (Å²) in [6.45, 7) is 4.22. The number of benzene rings is 3. The standard InChI is InChI=1S/C20H19O/c1-3-14-11-12-19(21)18(4-2)20(14)17-10-9-15-7-5-6-8-16(15)13-17/h5-11,13,21H,3-4H2,1-2H3. The fraction of sp³-hybridized carbons (Fsp3) is 0.200. The van der Waals surface area contributed by atoms with Crippen molar-refractivity contribution in [2.75, 3.05) is 0 Å². The summed E-state index contributed by atoms with van der Waals surface area (Å²) in [5, 5.41) is 12.6. The zero-order valence-electron chi connectivity index (χ0n) is 12.5. The predicted octanol–water partition coefficient (Wildman–Crippen LogP) is 5.14. The Kier molecular flexibility index (Phi) is 3.66. The van der Waals surface area contributed by atoms with E-state index in [1.54, 1.807) is 0 Å². The number of phenols is 1. The SMILES string of the molecule is CCc1c[c]c(O)c(CC)c1-c1ccc2ccccc2c1. The zero-order valence-corrected chi connectivity index (χ0v) is 12.5. The van der Waals surface area contributed by atoms with Gasteiger partial charge in [0, 0.05) is 11.6 Å². The molecule has 0 aromatic heterocycles. The van der Waals surface area contributed by atoms with Crippen molar-refractivity contribution in [1.29, 1.82) is 0 Å². The molecule has 0 amide bonds. The van der Waals surface area contributed by atoms with Gasteiger partial charge in [-0.3, -0.25) is 0 Å². The van der Waals surface area contributed by atoms with Crippen LogP contribution in [0.1, 0.15) is 25.0 Å². The molecular weight excluding hydrogens is 256 g/mol. The molecule has 0 spiro atoms. The first-order valence-corrected chi connectivity index (χ1v) is 7.49. The average Bonchev–Trinajstić information content (AvgIpc) is 2.54. The van der Waals surface area contributed by atoms with Crippen LogP contribution in [0.2, 0.25) is 0 Å². The van der Waals surface area contributed by atoms with Gasteiger partial charge >= 0.3 is 0 Å². The van der Waals surface area contributed by atoms with Gasteiger partial charge in [0.1, 0.15) is 5.75 Å². The van der Waals surface area contributed by atoms with Crippen LogP contribution in [0.4, 0.5) is 0 Å². The van der Waals surface area contributed by atoms with Gasteiger partial charge in [0.25, 0.3) is 0 Å². The van der Waals surface area contributed by atoms with E-state index in [0.29, 0.717) is 0 Å². The maximum Gasteiger partial charge on any atom is 0.127 e. The molecule has 1 radical (unpaired) electrons. The molecule has 105 valence electrons. The third-order valence-electron chi connectivity index (χ3n) is 4.06. The summed E-state index contributed by atoms with van der Waals surface area (Å²) in [5.74, 6) is 0.276. The normalized spacial score (nSPS) is 11.0. The molecule has 1 N–H and O–H groups in total. The largest absolute Gasteiger partial charge is 0.507 e. The van der Waals surface area contributed by atoms with Crippen molar-refractivity contribution in [2.45, 2.75) is 26.7 Å². The predicted molar refractivity (Wildman–Crippen MR) is 88.6 cm³/mol. The lowest BCUT2D eigenvalue weighted by atomic mass is 9.90. The highest BCUT2D eigenvalue weighted by Crippen LogP contribution is 2.35. The number of hydrogen-bond donors (Lipinski definition) is 1. The van der Waals surface area contributed by atoms with E-state index >= 15 is 0 Å². The van der Waals surface area contributed by atoms with Crippen molar-refractivity contribution in [3.05, 3.63) is 65.7 Å². The summed E-state index contributed by atoms with van der Waals surface area (Å²) in [5.41, 5.74) is 4.57. The molecular formula is C20H19O. The Balaban J connectivity index is 2.28. The molecule has 0 aliphatic rings. The van der Waals surface area contributed by atoms with Crippen molar-refractivity contribution in [2.24, 2.45) is 0 Å². The van der Waals surface area contributed by atoms with Gasteiger partial charge in [0.05, 0.1) is 0 Å². The zero-order chi connectivity index (χ0) is 14.8. The first kappa shape index (κ1) is 13.7. The molecule has 0 atom stereocenters. The Labute approximate surface area is 125 Å². The molecule has 21 heavy (non-hydrogen) atoms. The van der Waals surface area contributed by atoms with E-state index in [1.807, 2.05) is 6.07 Å². The fourth-order valence-electron chi connectivity index (χ4n) is 2.95. The summed E-state index contributed by atoms with van der Waals surface area (Å²) in [4.78, 5) is 0. The van der Waals surface area contributed by atoms with Gasteiger partial charge in [-0.15, -0.1) is 0 Å². The summed E-state index contributed by atoms with van der Waals surface area (Å²) < 4.78 is 0. The lowest BCUT2D eigenvalue weighted by Crippen LogP contribution is -1.95. The molecule has 3 aromatic rings. The van der Waals surface area contributed by atoms with Crippen LogP contribution >= 0.6 is 0 Å². The molecule has 0 aliphatic heterocycles. The van der Waals surface area contributed by atoms with Crippen LogP contribution in [0, 0.1) is 6.07 Å². The van der Waals surface area contributed by atoms with Crippen LogP contribution in [0.5, 0.6) is 5.75 Å². The molecule has 0 fully saturated rings. The minimum absolute atomic E-state index is 0.276. The van der Waals surface area contributed by atoms with E-state index in [1.165, 1.54) is 27.5 Å². The fourth-order valence-corrected chi connectivity index (χ4v) is 2.95. The van der Waals surface area contributed by atoms with Crippen LogP contribution in [0.15, 0.2) is 48.5 Å². The molecule has 0 saturated carbocycles. The quantitative estimate of drug-likeness (QED) is 0.702. The maximum absolute atomic E-state index is 10.1. The van der Waals surface area contributed by atoms with E-state index in [-0.39, 0.29) is 5.75 Å². The Bertz CT molecular complexity index is 787. The Morgan fingerprint density at radius 1 is 0.952 bits per heavy atom. The van der Waals surface area contributed by atoms with Gasteiger partial charge in [-0.25, -0.2) is 0 Å². The van der Waals surface area contributed by atoms with Crippen LogP contribution in [0.3, 0.4) is 0 Å². The lowest BCUT2D eigenvalue weighted by Gasteiger charge is -2.15. The van der Waals surface area contributed by atoms with Crippen molar-refractivity contribution in [3.8, 4) is 16.9 Å². The maximum atomic E-state index is 10.1. The van der Waals surface area contributed by atoms with Gasteiger partial charge in [0.15, 0.2) is 0 Å². The number of phenolic OH excluding ortho intramolecular Hbond substituents is 1. The molecule has 0 saturated heterocycles. The van der Waals surface area contributed by atoms with Crippen LogP contribution in [-0.4, -0.2) is 5.11 Å². The van der Waals surface area contributed by atoms with E-state index < -0.39 is 0 Å². The van der Waals surface area contributed by atoms with Gasteiger partial charge in [0.2, 0.25) is 0 Å². The highest BCUT2D eigenvalue weighted by molar-refractivity contribution is 5.88. The molecule has 0 unspecified atom stereocenters. The van der Waals surface area contributed by atoms with Crippen LogP contribution in [0.25, 0.3) is 21.9 Å². The molecule has 0 bridgehead atoms. The van der Waals surface area contributed by atoms with Crippen molar-refractivity contribution < 1.29 is 5.11 Å². The first-order valence-electron chi connectivity index (χ1n) is 7.49. The smallest absolute Gasteiger partial charge is 0.127 e. The molecule has 3 aromatic carbocycles. The number of fused-ring (bicyclic) bond motifs is 1. The number of aryl methyl sites for hydroxylation is 1. The summed E-state index contributed by atoms with van der Waals surface area (Å²) in [7, 11) is 0. The second kappa shape index (κ2) is 5.61. The first-order chi connectivity index (χ1) is 10.2. The van der Waals surface area contributed by atoms with Gasteiger partial charge in [-0.1, -0.05) is 50.2 Å².